The number of aliphatic imine (C=N–C) groups is 1. The average Bonchev–Trinajstić information content (AvgIpc) is 1.71. The van der Waals surface area contributed by atoms with Crippen molar-refractivity contribution in [2.24, 2.45) is 155 Å². The van der Waals surface area contributed by atoms with Gasteiger partial charge in [0.25, 0.3) is 0 Å². The molecule has 36 atom stereocenters. The van der Waals surface area contributed by atoms with Crippen LogP contribution in [-0.4, -0.2) is 92.5 Å². The van der Waals surface area contributed by atoms with E-state index in [1.54, 1.807) is 6.20 Å². The summed E-state index contributed by atoms with van der Waals surface area (Å²) in [6.07, 6.45) is 39.9. The van der Waals surface area contributed by atoms with Crippen LogP contribution in [0.5, 0.6) is 0 Å². The fourth-order valence-corrected chi connectivity index (χ4v) is 30.7. The number of ketones is 2. The molecular formula is C94H159N5O8P6. The summed E-state index contributed by atoms with van der Waals surface area (Å²) >= 11 is 0. The molecule has 16 fully saturated rings. The molecule has 638 valence electrons. The molecule has 0 spiro atoms. The first kappa shape index (κ1) is 94.4. The van der Waals surface area contributed by atoms with Gasteiger partial charge in [-0.3, -0.25) is 24.5 Å². The van der Waals surface area contributed by atoms with Crippen LogP contribution >= 0.6 is 53.6 Å². The zero-order chi connectivity index (χ0) is 80.5. The first-order chi connectivity index (χ1) is 52.3. The molecule has 16 aliphatic carbocycles. The number of aliphatic hydroxyl groups excluding tert-OH is 2. The van der Waals surface area contributed by atoms with Crippen LogP contribution in [0.2, 0.25) is 0 Å². The number of rotatable bonds is 3. The SMILES string of the molecule is C.C[C@@]1(O)CC[C@@]2(C)[C@@H](CC[C@@H]3[C@@H]2CC[C@]2(C)C(=NCc4ccccn4)CC[C@@H]32)C1.C[C@@]1(O)CC[C@@]2(C)[C@@H](CC[C@@H]3[C@@H]2CC[C@]2(C)C(=O)CC[C@@H]32)C1.C[C@@]1(O)CC[C@@]2(C)[C@@H](CC[C@@H]3[C@@H]2C[C@@H](O)[C@]2(C)C(=O)CC[C@@H]32)C1.C[C@@]1(O)CC[C@@]2(C)[C@@H](CC[C@@H]3[C@@H]2C[C@@H](O)[C@]2(C)[C@@H](C#N)CC[C@@H]32)C1.NCc1ccccn1.P.PP.PPP. The van der Waals surface area contributed by atoms with Crippen molar-refractivity contribution in [2.45, 2.75) is 357 Å². The Morgan fingerprint density at radius 2 is 0.850 bits per heavy atom. The highest BCUT2D eigenvalue weighted by Crippen LogP contribution is 2.72. The first-order valence-electron chi connectivity index (χ1n) is 44.6. The molecule has 2 aromatic rings. The fraction of sp³-hybridized carbons (Fsp3) is 0.851. The van der Waals surface area contributed by atoms with Gasteiger partial charge in [-0.25, -0.2) is 0 Å². The van der Waals surface area contributed by atoms with E-state index >= 15 is 0 Å². The second-order valence-electron chi connectivity index (χ2n) is 43.0. The average molecular weight is 1670 g/mol. The lowest BCUT2D eigenvalue weighted by Gasteiger charge is -2.62. The van der Waals surface area contributed by atoms with Crippen LogP contribution in [0.25, 0.3) is 0 Å². The highest BCUT2D eigenvalue weighted by atomic mass is 32.4. The van der Waals surface area contributed by atoms with Gasteiger partial charge in [0.15, 0.2) is 0 Å². The minimum absolute atomic E-state index is 0. The molecule has 5 unspecified atom stereocenters. The van der Waals surface area contributed by atoms with E-state index in [0.717, 1.165) is 177 Å². The van der Waals surface area contributed by atoms with Gasteiger partial charge in [0.2, 0.25) is 0 Å². The number of carbonyl (C=O) groups is 2. The Bertz CT molecular complexity index is 3610. The third-order valence-electron chi connectivity index (χ3n) is 37.4. The lowest BCUT2D eigenvalue weighted by Crippen LogP contribution is -2.59. The van der Waals surface area contributed by atoms with Gasteiger partial charge >= 0.3 is 0 Å². The lowest BCUT2D eigenvalue weighted by molar-refractivity contribution is -0.177. The van der Waals surface area contributed by atoms with Crippen molar-refractivity contribution in [1.82, 2.24) is 9.97 Å². The summed E-state index contributed by atoms with van der Waals surface area (Å²) in [4.78, 5) is 38.5. The van der Waals surface area contributed by atoms with E-state index in [0.29, 0.717) is 100.0 Å². The summed E-state index contributed by atoms with van der Waals surface area (Å²) in [6, 6.07) is 14.4. The topological polar surface area (TPSA) is 243 Å². The third-order valence-corrected chi connectivity index (χ3v) is 37.4. The van der Waals surface area contributed by atoms with Crippen LogP contribution in [0.15, 0.2) is 53.8 Å². The molecule has 13 nitrogen and oxygen atoms in total. The minimum atomic E-state index is -0.512. The van der Waals surface area contributed by atoms with Crippen LogP contribution in [0.1, 0.15) is 320 Å². The molecule has 16 saturated carbocycles. The van der Waals surface area contributed by atoms with E-state index in [1.807, 2.05) is 58.2 Å². The van der Waals surface area contributed by atoms with E-state index in [4.69, 9.17) is 10.7 Å². The predicted octanol–water partition coefficient (Wildman–Crippen LogP) is 20.5. The van der Waals surface area contributed by atoms with E-state index in [2.05, 4.69) is 119 Å². The summed E-state index contributed by atoms with van der Waals surface area (Å²) in [5.41, 5.74) is 7.89. The molecule has 0 radical (unpaired) electrons. The Hall–Kier alpha value is -0.900. The van der Waals surface area contributed by atoms with Crippen LogP contribution < -0.4 is 5.73 Å². The number of aromatic nitrogens is 2. The smallest absolute Gasteiger partial charge is 0.141 e. The molecule has 0 aromatic carbocycles. The predicted molar refractivity (Wildman–Crippen MR) is 484 cm³/mol. The van der Waals surface area contributed by atoms with Gasteiger partial charge in [0.1, 0.15) is 11.6 Å². The Balaban J connectivity index is 0.000000151. The summed E-state index contributed by atoms with van der Waals surface area (Å²) in [7, 11) is 10.7. The third kappa shape index (κ3) is 17.9. The number of pyridine rings is 2. The van der Waals surface area contributed by atoms with E-state index in [1.165, 1.54) is 102 Å². The van der Waals surface area contributed by atoms with Gasteiger partial charge in [0.05, 0.1) is 69.9 Å². The second kappa shape index (κ2) is 36.5. The molecule has 0 saturated heterocycles. The van der Waals surface area contributed by atoms with Crippen molar-refractivity contribution in [3.05, 3.63) is 60.2 Å². The van der Waals surface area contributed by atoms with Crippen molar-refractivity contribution in [2.75, 3.05) is 0 Å². The number of aliphatic hydroxyl groups is 6. The minimum Gasteiger partial charge on any atom is -0.392 e. The molecule has 18 rings (SSSR count). The number of fused-ring (bicyclic) bond motifs is 20. The van der Waals surface area contributed by atoms with Crippen LogP contribution in [0, 0.1) is 155 Å². The van der Waals surface area contributed by atoms with Gasteiger partial charge in [0, 0.05) is 53.7 Å². The van der Waals surface area contributed by atoms with Gasteiger partial charge < -0.3 is 36.4 Å². The normalized spacial score (nSPS) is 49.2. The van der Waals surface area contributed by atoms with E-state index in [-0.39, 0.29) is 51.0 Å². The highest BCUT2D eigenvalue weighted by Gasteiger charge is 2.68. The zero-order valence-electron chi connectivity index (χ0n) is 71.4. The van der Waals surface area contributed by atoms with Crippen LogP contribution in [-0.2, 0) is 22.7 Å². The summed E-state index contributed by atoms with van der Waals surface area (Å²) in [5, 5.41) is 73.8. The molecule has 8 N–H and O–H groups in total. The Labute approximate surface area is 699 Å². The molecule has 113 heavy (non-hydrogen) atoms. The Morgan fingerprint density at radius 1 is 0.469 bits per heavy atom. The number of carbonyl (C=O) groups excluding carboxylic acids is 2. The summed E-state index contributed by atoms with van der Waals surface area (Å²) in [6.45, 7) is 28.3. The maximum atomic E-state index is 12.5. The van der Waals surface area contributed by atoms with Crippen molar-refractivity contribution < 1.29 is 40.2 Å². The molecular weight excluding hydrogens is 1510 g/mol. The molecule has 2 aromatic heterocycles. The molecule has 0 amide bonds. The quantitative estimate of drug-likeness (QED) is 0.142. The van der Waals surface area contributed by atoms with Crippen molar-refractivity contribution in [1.29, 1.82) is 5.26 Å². The van der Waals surface area contributed by atoms with Gasteiger partial charge in [-0.1, -0.05) is 76.0 Å². The number of Topliss-reactive ketones (excluding diaryl/α,β-unsaturated/α-hetero) is 2. The van der Waals surface area contributed by atoms with Gasteiger partial charge in [-0.05, 0) is 381 Å². The zero-order valence-corrected chi connectivity index (χ0v) is 78.5. The molecule has 0 bridgehead atoms. The van der Waals surface area contributed by atoms with Crippen molar-refractivity contribution in [3.8, 4) is 6.07 Å². The molecule has 16 aliphatic rings. The number of nitrogens with two attached hydrogens (primary N) is 1. The van der Waals surface area contributed by atoms with Gasteiger partial charge in [-0.15, -0.1) is 35.7 Å². The number of nitrogens with zero attached hydrogens (tertiary/aromatic N) is 4. The number of nitriles is 1. The van der Waals surface area contributed by atoms with E-state index < -0.39 is 33.9 Å². The lowest BCUT2D eigenvalue weighted by atomic mass is 9.43. The molecule has 2 heterocycles. The van der Waals surface area contributed by atoms with E-state index in [9.17, 15) is 45.5 Å². The summed E-state index contributed by atoms with van der Waals surface area (Å²) < 4.78 is 0. The Kier molecular flexibility index (Phi) is 30.5. The largest absolute Gasteiger partial charge is 0.392 e. The monoisotopic (exact) mass is 1670 g/mol. The molecule has 19 heteroatoms. The Morgan fingerprint density at radius 3 is 1.27 bits per heavy atom. The second-order valence-corrected chi connectivity index (χ2v) is 47.3. The van der Waals surface area contributed by atoms with Crippen LogP contribution in [0.3, 0.4) is 0 Å². The maximum Gasteiger partial charge on any atom is 0.141 e. The highest BCUT2D eigenvalue weighted by molar-refractivity contribution is 8.33. The fourth-order valence-electron chi connectivity index (χ4n) is 30.7. The van der Waals surface area contributed by atoms with Crippen LogP contribution in [0.4, 0.5) is 0 Å². The summed E-state index contributed by atoms with van der Waals surface area (Å²) in [5.74, 6) is 11.4. The standard InChI is InChI=1S/C26H38N2O.C21H33NO2.C20H32O3.C20H32O2.C6H8N2.CH4.H5P3.H4P2.H3P/c1-24(29)13-14-25(2)18(16-24)7-8-20-21-9-10-23(26(21,3)12-11-22(20)25)28-17-19-6-4-5-15-27-19;1-19(24)8-9-20(2)13(11-19)4-6-15-16-7-5-14(12-22)21(16,3)18(23)10-17(15)20;1-18(23)8-9-19(2)12(11-18)4-5-13-14-6-7-16(21)20(14,3)17(22)10-15(13)19;1-18(22)10-11-19(2)13(12-18)4-5-14-15-6-7-17(21)20(15,3)9-8-16(14)19;7-5-6-3-1-2-4-8-6;;1-3-2;1-2;/h4-6,15,18,20-22,29H,7-14,16-17H2,1-3H3;13-18,23-24H,4-11H2,1-3H3;12-15,17,22-23H,4-11H2,1-3H3;13-16,22H,4-12H2,1-3H3;1-4H,5,7H2;1H4;3H,1-2H2;1-2H2;1H3/t18-,20-,21-,22-,24+,25-,26-;13-,14+,15-,16-,17-,18+,19+,20-,21+;12-,13-,14-,15-,17+,18+,19-,20-;13-,14-,15-,16-,18+,19-,20-;;;;;/m0000...../s1. The molecule has 0 aliphatic heterocycles. The van der Waals surface area contributed by atoms with Gasteiger partial charge in [-0.2, -0.15) is 15.2 Å². The number of hydrogen-bond donors (Lipinski definition) is 7. The van der Waals surface area contributed by atoms with Crippen molar-refractivity contribution in [3.63, 3.8) is 0 Å². The van der Waals surface area contributed by atoms with Crippen molar-refractivity contribution >= 4 is 70.8 Å². The first-order valence-corrected chi connectivity index (χ1v) is 51.9. The number of hydrogen-bond acceptors (Lipinski definition) is 13. The maximum absolute atomic E-state index is 12.5.